The van der Waals surface area contributed by atoms with Crippen molar-refractivity contribution in [2.45, 2.75) is 31.6 Å². The molecule has 0 atom stereocenters. The Balaban J connectivity index is 2.17. The third-order valence-corrected chi connectivity index (χ3v) is 3.48. The van der Waals surface area contributed by atoms with Crippen LogP contribution >= 0.6 is 11.6 Å². The first-order valence-corrected chi connectivity index (χ1v) is 5.45. The van der Waals surface area contributed by atoms with Crippen LogP contribution in [-0.2, 0) is 17.6 Å². The van der Waals surface area contributed by atoms with E-state index in [0.29, 0.717) is 24.5 Å². The lowest BCUT2D eigenvalue weighted by Crippen LogP contribution is -1.95. The van der Waals surface area contributed by atoms with Gasteiger partial charge < -0.3 is 0 Å². The molecule has 0 bridgehead atoms. The monoisotopic (exact) mass is 206 g/mol. The zero-order chi connectivity index (χ0) is 9.71. The van der Waals surface area contributed by atoms with Gasteiger partial charge in [0.2, 0.25) is 0 Å². The fourth-order valence-electron chi connectivity index (χ4n) is 2.34. The molecule has 1 saturated carbocycles. The largest absolute Gasteiger partial charge is 0.299 e. The molecule has 72 valence electrons. The fourth-order valence-corrected chi connectivity index (χ4v) is 2.67. The van der Waals surface area contributed by atoms with Gasteiger partial charge in [-0.25, -0.2) is 0 Å². The summed E-state index contributed by atoms with van der Waals surface area (Å²) in [5.41, 5.74) is 3.72. The Kier molecular flexibility index (Phi) is 1.72. The van der Waals surface area contributed by atoms with Crippen LogP contribution in [0, 0.1) is 0 Å². The molecular weight excluding hydrogens is 196 g/mol. The Morgan fingerprint density at radius 2 is 2.00 bits per heavy atom. The number of rotatable bonds is 1. The average Bonchev–Trinajstić information content (AvgIpc) is 2.88. The molecule has 0 radical (unpaired) electrons. The molecule has 2 heteroatoms. The van der Waals surface area contributed by atoms with Gasteiger partial charge in [0.25, 0.3) is 0 Å². The van der Waals surface area contributed by atoms with E-state index in [1.54, 1.807) is 0 Å². The first-order chi connectivity index (χ1) is 6.75. The molecule has 1 aromatic carbocycles. The molecule has 14 heavy (non-hydrogen) atoms. The summed E-state index contributed by atoms with van der Waals surface area (Å²) in [6, 6.07) is 3.96. The van der Waals surface area contributed by atoms with E-state index in [9.17, 15) is 4.79 Å². The minimum Gasteiger partial charge on any atom is -0.299 e. The van der Waals surface area contributed by atoms with Gasteiger partial charge in [-0.15, -0.1) is 0 Å². The van der Waals surface area contributed by atoms with Crippen LogP contribution in [0.1, 0.15) is 35.4 Å². The first kappa shape index (κ1) is 8.49. The number of fused-ring (bicyclic) bond motifs is 1. The predicted molar refractivity (Wildman–Crippen MR) is 55.8 cm³/mol. The van der Waals surface area contributed by atoms with E-state index in [0.717, 1.165) is 5.02 Å². The van der Waals surface area contributed by atoms with E-state index in [4.69, 9.17) is 11.6 Å². The zero-order valence-electron chi connectivity index (χ0n) is 7.85. The number of carbonyl (C=O) groups is 1. The predicted octanol–water partition coefficient (Wildman–Crippen LogP) is 2.89. The lowest BCUT2D eigenvalue weighted by Gasteiger charge is -2.08. The van der Waals surface area contributed by atoms with Crippen LogP contribution in [0.25, 0.3) is 0 Å². The highest BCUT2D eigenvalue weighted by molar-refractivity contribution is 6.31. The van der Waals surface area contributed by atoms with Gasteiger partial charge in [-0.1, -0.05) is 17.7 Å². The third kappa shape index (κ3) is 1.19. The van der Waals surface area contributed by atoms with Crippen molar-refractivity contribution in [3.63, 3.8) is 0 Å². The second-order valence-corrected chi connectivity index (χ2v) is 4.67. The molecule has 2 aliphatic rings. The minimum absolute atomic E-state index is 0.337. The molecule has 1 fully saturated rings. The smallest absolute Gasteiger partial charge is 0.141 e. The highest BCUT2D eigenvalue weighted by Gasteiger charge is 2.32. The summed E-state index contributed by atoms with van der Waals surface area (Å²) in [5, 5.41) is 0.862. The van der Waals surface area contributed by atoms with Crippen LogP contribution in [0.5, 0.6) is 0 Å². The molecule has 0 spiro atoms. The molecule has 1 nitrogen and oxygen atoms in total. The number of benzene rings is 1. The van der Waals surface area contributed by atoms with E-state index in [1.807, 2.05) is 12.1 Å². The molecule has 0 amide bonds. The molecule has 2 aliphatic carbocycles. The summed E-state index contributed by atoms with van der Waals surface area (Å²) in [5.74, 6) is 0.979. The quantitative estimate of drug-likeness (QED) is 0.691. The topological polar surface area (TPSA) is 17.1 Å². The Morgan fingerprint density at radius 1 is 1.21 bits per heavy atom. The van der Waals surface area contributed by atoms with Gasteiger partial charge in [0.1, 0.15) is 5.78 Å². The van der Waals surface area contributed by atoms with Crippen LogP contribution in [0.3, 0.4) is 0 Å². The third-order valence-electron chi connectivity index (χ3n) is 3.15. The van der Waals surface area contributed by atoms with Gasteiger partial charge >= 0.3 is 0 Å². The van der Waals surface area contributed by atoms with E-state index in [1.165, 1.54) is 29.5 Å². The second kappa shape index (κ2) is 2.83. The van der Waals surface area contributed by atoms with E-state index in [2.05, 4.69) is 0 Å². The molecule has 1 aromatic rings. The number of hydrogen-bond donors (Lipinski definition) is 0. The summed E-state index contributed by atoms with van der Waals surface area (Å²) >= 11 is 6.18. The van der Waals surface area contributed by atoms with Crippen molar-refractivity contribution in [3.8, 4) is 0 Å². The maximum atomic E-state index is 11.4. The summed E-state index contributed by atoms with van der Waals surface area (Å²) in [7, 11) is 0. The number of hydrogen-bond acceptors (Lipinski definition) is 1. The molecule has 0 heterocycles. The lowest BCUT2D eigenvalue weighted by atomic mass is 10.00. The maximum Gasteiger partial charge on any atom is 0.141 e. The number of ketones is 1. The molecule has 0 saturated heterocycles. The van der Waals surface area contributed by atoms with Crippen LogP contribution < -0.4 is 0 Å². The van der Waals surface area contributed by atoms with Gasteiger partial charge in [-0.2, -0.15) is 0 Å². The van der Waals surface area contributed by atoms with E-state index in [-0.39, 0.29) is 0 Å². The summed E-state index contributed by atoms with van der Waals surface area (Å²) < 4.78 is 0. The first-order valence-electron chi connectivity index (χ1n) is 5.07. The van der Waals surface area contributed by atoms with Crippen molar-refractivity contribution in [1.29, 1.82) is 0 Å². The Labute approximate surface area is 88.1 Å². The molecule has 0 aliphatic heterocycles. The van der Waals surface area contributed by atoms with E-state index >= 15 is 0 Å². The Hall–Kier alpha value is -0.820. The normalized spacial score (nSPS) is 19.9. The number of halogens is 1. The average molecular weight is 207 g/mol. The standard InChI is InChI=1S/C12H11ClO/c13-11-4-3-8-5-9(14)6-10(8)12(11)7-1-2-7/h3-4,7H,1-2,5-6H2. The fraction of sp³-hybridized carbons (Fsp3) is 0.417. The summed E-state index contributed by atoms with van der Waals surface area (Å²) in [6.45, 7) is 0. The van der Waals surface area contributed by atoms with Crippen molar-refractivity contribution in [2.24, 2.45) is 0 Å². The summed E-state index contributed by atoms with van der Waals surface area (Å²) in [6.07, 6.45) is 3.71. The van der Waals surface area contributed by atoms with E-state index < -0.39 is 0 Å². The molecule has 3 rings (SSSR count). The van der Waals surface area contributed by atoms with Gasteiger partial charge in [0, 0.05) is 17.9 Å². The zero-order valence-corrected chi connectivity index (χ0v) is 8.60. The molecule has 0 N–H and O–H groups in total. The number of carbonyl (C=O) groups excluding carboxylic acids is 1. The van der Waals surface area contributed by atoms with Crippen molar-refractivity contribution in [1.82, 2.24) is 0 Å². The SMILES string of the molecule is O=C1Cc2ccc(Cl)c(C3CC3)c2C1. The van der Waals surface area contributed by atoms with Crippen LogP contribution in [0.15, 0.2) is 12.1 Å². The van der Waals surface area contributed by atoms with Crippen LogP contribution in [0.2, 0.25) is 5.02 Å². The highest BCUT2D eigenvalue weighted by atomic mass is 35.5. The number of Topliss-reactive ketones (excluding diaryl/α,β-unsaturated/α-hetero) is 1. The van der Waals surface area contributed by atoms with Crippen LogP contribution in [0.4, 0.5) is 0 Å². The van der Waals surface area contributed by atoms with Crippen molar-refractivity contribution in [2.75, 3.05) is 0 Å². The highest BCUT2D eigenvalue weighted by Crippen LogP contribution is 2.46. The van der Waals surface area contributed by atoms with Gasteiger partial charge in [-0.3, -0.25) is 4.79 Å². The van der Waals surface area contributed by atoms with Crippen LogP contribution in [-0.4, -0.2) is 5.78 Å². The van der Waals surface area contributed by atoms with Gasteiger partial charge in [0.05, 0.1) is 0 Å². The molecule has 0 aromatic heterocycles. The van der Waals surface area contributed by atoms with Crippen molar-refractivity contribution >= 4 is 17.4 Å². The van der Waals surface area contributed by atoms with Crippen molar-refractivity contribution in [3.05, 3.63) is 33.8 Å². The molecular formula is C12H11ClO. The lowest BCUT2D eigenvalue weighted by molar-refractivity contribution is -0.117. The maximum absolute atomic E-state index is 11.4. The second-order valence-electron chi connectivity index (χ2n) is 4.27. The van der Waals surface area contributed by atoms with Gasteiger partial charge in [0.15, 0.2) is 0 Å². The minimum atomic E-state index is 0.337. The Morgan fingerprint density at radius 3 is 2.71 bits per heavy atom. The molecule has 0 unspecified atom stereocenters. The van der Waals surface area contributed by atoms with Crippen molar-refractivity contribution < 1.29 is 4.79 Å². The van der Waals surface area contributed by atoms with Gasteiger partial charge in [-0.05, 0) is 41.5 Å². The Bertz CT molecular complexity index is 419. The summed E-state index contributed by atoms with van der Waals surface area (Å²) in [4.78, 5) is 11.4.